The van der Waals surface area contributed by atoms with Crippen molar-refractivity contribution in [1.82, 2.24) is 4.90 Å². The summed E-state index contributed by atoms with van der Waals surface area (Å²) in [7, 11) is 0. The number of carbonyl (C=O) groups is 2. The summed E-state index contributed by atoms with van der Waals surface area (Å²) in [5, 5.41) is 9.33. The number of amides is 1. The second-order valence-electron chi connectivity index (χ2n) is 7.29. The molecule has 1 aliphatic heterocycles. The van der Waals surface area contributed by atoms with Gasteiger partial charge >= 0.3 is 12.1 Å². The fourth-order valence-electron chi connectivity index (χ4n) is 4.24. The number of rotatable bonds is 3. The van der Waals surface area contributed by atoms with E-state index in [1.54, 1.807) is 0 Å². The van der Waals surface area contributed by atoms with Crippen molar-refractivity contribution in [3.05, 3.63) is 0 Å². The zero-order valence-corrected chi connectivity index (χ0v) is 12.9. The van der Waals surface area contributed by atoms with Crippen LogP contribution >= 0.6 is 0 Å². The van der Waals surface area contributed by atoms with Crippen LogP contribution in [0.4, 0.5) is 13.2 Å². The molecule has 0 spiro atoms. The van der Waals surface area contributed by atoms with Gasteiger partial charge in [0.2, 0.25) is 5.91 Å². The molecule has 0 aromatic heterocycles. The first kappa shape index (κ1) is 16.6. The highest BCUT2D eigenvalue weighted by Crippen LogP contribution is 2.45. The van der Waals surface area contributed by atoms with Crippen LogP contribution < -0.4 is 0 Å². The Labute approximate surface area is 133 Å². The fraction of sp³-hybridized carbons (Fsp3) is 0.875. The van der Waals surface area contributed by atoms with Crippen LogP contribution in [0.2, 0.25) is 0 Å². The lowest BCUT2D eigenvalue weighted by Crippen LogP contribution is -2.39. The molecule has 2 saturated carbocycles. The number of aliphatic carboxylic acids is 1. The molecule has 2 unspecified atom stereocenters. The number of halogens is 3. The fourth-order valence-corrected chi connectivity index (χ4v) is 4.24. The van der Waals surface area contributed by atoms with E-state index in [-0.39, 0.29) is 31.2 Å². The molecular weight excluding hydrogens is 311 g/mol. The van der Waals surface area contributed by atoms with Crippen molar-refractivity contribution in [3.8, 4) is 0 Å². The van der Waals surface area contributed by atoms with Gasteiger partial charge in [0.15, 0.2) is 0 Å². The van der Waals surface area contributed by atoms with Gasteiger partial charge in [-0.15, -0.1) is 0 Å². The van der Waals surface area contributed by atoms with Crippen LogP contribution in [0, 0.1) is 29.6 Å². The molecular formula is C16H22F3NO3. The lowest BCUT2D eigenvalue weighted by Gasteiger charge is -2.32. The maximum Gasteiger partial charge on any atom is 0.391 e. The predicted octanol–water partition coefficient (Wildman–Crippen LogP) is 2.92. The molecule has 1 saturated heterocycles. The maximum atomic E-state index is 12.9. The van der Waals surface area contributed by atoms with E-state index in [1.807, 2.05) is 0 Å². The predicted molar refractivity (Wildman–Crippen MR) is 75.4 cm³/mol. The van der Waals surface area contributed by atoms with Crippen molar-refractivity contribution >= 4 is 11.9 Å². The molecule has 3 fully saturated rings. The van der Waals surface area contributed by atoms with Gasteiger partial charge in [0.1, 0.15) is 0 Å². The quantitative estimate of drug-likeness (QED) is 0.864. The van der Waals surface area contributed by atoms with E-state index in [0.717, 1.165) is 12.8 Å². The Balaban J connectivity index is 1.65. The van der Waals surface area contributed by atoms with Gasteiger partial charge < -0.3 is 10.0 Å². The molecule has 4 atom stereocenters. The van der Waals surface area contributed by atoms with E-state index in [2.05, 4.69) is 0 Å². The minimum atomic E-state index is -4.25. The van der Waals surface area contributed by atoms with Crippen molar-refractivity contribution < 1.29 is 27.9 Å². The molecule has 1 amide bonds. The van der Waals surface area contributed by atoms with Gasteiger partial charge in [-0.1, -0.05) is 6.42 Å². The number of carbonyl (C=O) groups excluding carboxylic acids is 1. The number of hydrogen-bond acceptors (Lipinski definition) is 2. The van der Waals surface area contributed by atoms with Crippen LogP contribution in [0.3, 0.4) is 0 Å². The molecule has 0 radical (unpaired) electrons. The van der Waals surface area contributed by atoms with Gasteiger partial charge in [-0.3, -0.25) is 9.59 Å². The van der Waals surface area contributed by atoms with Gasteiger partial charge in [0, 0.05) is 19.0 Å². The Morgan fingerprint density at radius 3 is 2.30 bits per heavy atom. The van der Waals surface area contributed by atoms with Crippen molar-refractivity contribution in [2.24, 2.45) is 29.6 Å². The maximum absolute atomic E-state index is 12.9. The third kappa shape index (κ3) is 3.48. The molecule has 1 N–H and O–H groups in total. The number of likely N-dealkylation sites (tertiary alicyclic amines) is 1. The first-order valence-electron chi connectivity index (χ1n) is 8.35. The molecule has 2 aliphatic carbocycles. The van der Waals surface area contributed by atoms with Gasteiger partial charge in [-0.2, -0.15) is 13.2 Å². The zero-order chi connectivity index (χ0) is 16.8. The van der Waals surface area contributed by atoms with E-state index >= 15 is 0 Å². The second kappa shape index (κ2) is 5.98. The third-order valence-corrected chi connectivity index (χ3v) is 5.71. The average Bonchev–Trinajstić information content (AvgIpc) is 3.24. The number of carboxylic acid groups (broad SMARTS) is 1. The lowest BCUT2D eigenvalue weighted by molar-refractivity contribution is -0.187. The first-order chi connectivity index (χ1) is 10.8. The first-order valence-corrected chi connectivity index (χ1v) is 8.35. The molecule has 7 heteroatoms. The molecule has 23 heavy (non-hydrogen) atoms. The summed E-state index contributed by atoms with van der Waals surface area (Å²) in [5.74, 6) is -3.40. The summed E-state index contributed by atoms with van der Waals surface area (Å²) in [6, 6.07) is 0. The highest BCUT2D eigenvalue weighted by molar-refractivity contribution is 5.81. The number of alkyl halides is 3. The van der Waals surface area contributed by atoms with Crippen LogP contribution in [0.25, 0.3) is 0 Å². The minimum Gasteiger partial charge on any atom is -0.481 e. The Kier molecular flexibility index (Phi) is 4.31. The van der Waals surface area contributed by atoms with Gasteiger partial charge in [0.05, 0.1) is 11.8 Å². The zero-order valence-electron chi connectivity index (χ0n) is 12.9. The normalized spacial score (nSPS) is 35.3. The Morgan fingerprint density at radius 2 is 1.74 bits per heavy atom. The van der Waals surface area contributed by atoms with Gasteiger partial charge in [0.25, 0.3) is 0 Å². The number of nitrogens with zero attached hydrogens (tertiary/aromatic N) is 1. The topological polar surface area (TPSA) is 57.6 Å². The van der Waals surface area contributed by atoms with Crippen molar-refractivity contribution in [1.29, 1.82) is 0 Å². The summed E-state index contributed by atoms with van der Waals surface area (Å²) in [5.41, 5.74) is 0. The highest BCUT2D eigenvalue weighted by Gasteiger charge is 2.49. The van der Waals surface area contributed by atoms with Gasteiger partial charge in [-0.25, -0.2) is 0 Å². The molecule has 0 bridgehead atoms. The summed E-state index contributed by atoms with van der Waals surface area (Å²) in [6.45, 7) is 0.552. The summed E-state index contributed by atoms with van der Waals surface area (Å²) in [6.07, 6.45) is -1.42. The summed E-state index contributed by atoms with van der Waals surface area (Å²) < 4.78 is 38.7. The van der Waals surface area contributed by atoms with Gasteiger partial charge in [-0.05, 0) is 43.9 Å². The van der Waals surface area contributed by atoms with Crippen LogP contribution in [-0.2, 0) is 9.59 Å². The molecule has 4 nitrogen and oxygen atoms in total. The molecule has 0 aromatic rings. The third-order valence-electron chi connectivity index (χ3n) is 5.71. The largest absolute Gasteiger partial charge is 0.481 e. The lowest BCUT2D eigenvalue weighted by atomic mass is 9.80. The van der Waals surface area contributed by atoms with E-state index in [4.69, 9.17) is 0 Å². The SMILES string of the molecule is O=C(O)[C@H]1CN(C(=O)C2CCCC(C(F)(F)F)C2)C[C@@H]1C1CC1. The number of hydrogen-bond donors (Lipinski definition) is 1. The molecule has 0 aromatic carbocycles. The van der Waals surface area contributed by atoms with E-state index < -0.39 is 29.9 Å². The number of carboxylic acids is 1. The van der Waals surface area contributed by atoms with E-state index in [0.29, 0.717) is 25.3 Å². The Morgan fingerprint density at radius 1 is 1.04 bits per heavy atom. The Hall–Kier alpha value is -1.27. The van der Waals surface area contributed by atoms with E-state index in [1.165, 1.54) is 4.90 Å². The molecule has 130 valence electrons. The molecule has 3 rings (SSSR count). The average molecular weight is 333 g/mol. The standard InChI is InChI=1S/C16H22F3NO3/c17-16(18,19)11-3-1-2-10(6-11)14(21)20-7-12(9-4-5-9)13(8-20)15(22)23/h9-13H,1-8H2,(H,22,23)/t10?,11?,12-,13+/m1/s1. The summed E-state index contributed by atoms with van der Waals surface area (Å²) >= 11 is 0. The van der Waals surface area contributed by atoms with E-state index in [9.17, 15) is 27.9 Å². The van der Waals surface area contributed by atoms with Crippen LogP contribution in [-0.4, -0.2) is 41.1 Å². The van der Waals surface area contributed by atoms with Crippen molar-refractivity contribution in [2.75, 3.05) is 13.1 Å². The van der Waals surface area contributed by atoms with Crippen LogP contribution in [0.5, 0.6) is 0 Å². The van der Waals surface area contributed by atoms with Crippen LogP contribution in [0.15, 0.2) is 0 Å². The second-order valence-corrected chi connectivity index (χ2v) is 7.29. The molecule has 1 heterocycles. The monoisotopic (exact) mass is 333 g/mol. The van der Waals surface area contributed by atoms with Crippen molar-refractivity contribution in [2.45, 2.75) is 44.7 Å². The van der Waals surface area contributed by atoms with Crippen LogP contribution in [0.1, 0.15) is 38.5 Å². The molecule has 3 aliphatic rings. The van der Waals surface area contributed by atoms with Crippen molar-refractivity contribution in [3.63, 3.8) is 0 Å². The minimum absolute atomic E-state index is 0.0292. The Bertz CT molecular complexity index is 489. The highest BCUT2D eigenvalue weighted by atomic mass is 19.4. The smallest absolute Gasteiger partial charge is 0.391 e. The summed E-state index contributed by atoms with van der Waals surface area (Å²) in [4.78, 5) is 25.5.